The first-order valence-corrected chi connectivity index (χ1v) is 11.1. The molecule has 0 fully saturated rings. The van der Waals surface area contributed by atoms with Gasteiger partial charge in [-0.05, 0) is 40.3 Å². The lowest BCUT2D eigenvalue weighted by atomic mass is 9.80. The van der Waals surface area contributed by atoms with Crippen LogP contribution < -0.4 is 4.57 Å². The van der Waals surface area contributed by atoms with Crippen LogP contribution in [0, 0.1) is 6.92 Å². The molecule has 0 aliphatic heterocycles. The van der Waals surface area contributed by atoms with Gasteiger partial charge in [-0.2, -0.15) is 17.7 Å². The van der Waals surface area contributed by atoms with Gasteiger partial charge in [0.25, 0.3) is 0 Å². The number of aryl methyl sites for hydroxylation is 2. The number of rotatable bonds is 1. The molecule has 5 aromatic rings. The average molecular weight is 456 g/mol. The van der Waals surface area contributed by atoms with Crippen LogP contribution in [0.15, 0.2) is 42.9 Å². The van der Waals surface area contributed by atoms with Gasteiger partial charge in [0.05, 0.1) is 11.1 Å². The van der Waals surface area contributed by atoms with E-state index in [0.717, 1.165) is 33.2 Å². The van der Waals surface area contributed by atoms with Crippen molar-refractivity contribution in [3.63, 3.8) is 0 Å². The van der Waals surface area contributed by atoms with Gasteiger partial charge in [-0.15, -0.1) is 10.2 Å². The van der Waals surface area contributed by atoms with Crippen LogP contribution in [0.4, 0.5) is 13.2 Å². The summed E-state index contributed by atoms with van der Waals surface area (Å²) in [4.78, 5) is 0.437. The standard InChI is InChI=1S/C24H22F3N4S/c1-13-14-8-6-7-9-15(14)17(23(2,3)4)10-16(13)19-21-20(31-12-28-29-22(31)32-21)18(11-30(19)5)24(25,26)27/h6-12H,1-5H3/q+1. The lowest BCUT2D eigenvalue weighted by molar-refractivity contribution is -0.660. The fraction of sp³-hybridized carbons (Fsp3) is 0.292. The highest BCUT2D eigenvalue weighted by molar-refractivity contribution is 7.24. The van der Waals surface area contributed by atoms with Crippen LogP contribution in [0.1, 0.15) is 37.5 Å². The van der Waals surface area contributed by atoms with Crippen molar-refractivity contribution in [2.45, 2.75) is 39.3 Å². The Kier molecular flexibility index (Phi) is 4.40. The molecule has 3 aromatic heterocycles. The van der Waals surface area contributed by atoms with Crippen LogP contribution in [0.3, 0.4) is 0 Å². The average Bonchev–Trinajstić information content (AvgIpc) is 3.28. The minimum absolute atomic E-state index is 0.0977. The van der Waals surface area contributed by atoms with Crippen molar-refractivity contribution >= 4 is 37.3 Å². The molecular formula is C24H22F3N4S+. The van der Waals surface area contributed by atoms with E-state index in [2.05, 4.69) is 49.2 Å². The van der Waals surface area contributed by atoms with Crippen LogP contribution in [-0.4, -0.2) is 14.6 Å². The van der Waals surface area contributed by atoms with Crippen molar-refractivity contribution in [1.82, 2.24) is 14.6 Å². The molecule has 0 unspecified atom stereocenters. The zero-order valence-corrected chi connectivity index (χ0v) is 19.2. The van der Waals surface area contributed by atoms with Gasteiger partial charge in [-0.3, -0.25) is 4.40 Å². The zero-order valence-electron chi connectivity index (χ0n) is 18.4. The summed E-state index contributed by atoms with van der Waals surface area (Å²) in [5.41, 5.74) is 3.13. The Bertz CT molecular complexity index is 1520. The lowest BCUT2D eigenvalue weighted by Gasteiger charge is -2.24. The molecule has 0 saturated heterocycles. The van der Waals surface area contributed by atoms with Gasteiger partial charge in [-0.1, -0.05) is 56.4 Å². The molecule has 164 valence electrons. The molecule has 0 radical (unpaired) electrons. The molecule has 32 heavy (non-hydrogen) atoms. The maximum absolute atomic E-state index is 14.0. The SMILES string of the molecule is Cc1c(-c2c3sc4nncn4c3c(C(F)(F)F)c[n+]2C)cc(C(C)(C)C)c2ccccc12. The summed E-state index contributed by atoms with van der Waals surface area (Å²) in [6.45, 7) is 8.50. The summed E-state index contributed by atoms with van der Waals surface area (Å²) >= 11 is 1.23. The highest BCUT2D eigenvalue weighted by Gasteiger charge is 2.39. The van der Waals surface area contributed by atoms with E-state index in [1.54, 1.807) is 11.6 Å². The molecule has 2 aromatic carbocycles. The number of halogens is 3. The number of thiazole rings is 1. The second-order valence-electron chi connectivity index (χ2n) is 9.16. The van der Waals surface area contributed by atoms with Crippen molar-refractivity contribution in [2.75, 3.05) is 0 Å². The minimum Gasteiger partial charge on any atom is -0.271 e. The Morgan fingerprint density at radius 3 is 2.38 bits per heavy atom. The van der Waals surface area contributed by atoms with Gasteiger partial charge in [0.2, 0.25) is 10.7 Å². The molecule has 4 nitrogen and oxygen atoms in total. The number of aromatic nitrogens is 4. The lowest BCUT2D eigenvalue weighted by Crippen LogP contribution is -2.33. The predicted octanol–water partition coefficient (Wildman–Crippen LogP) is 6.21. The quantitative estimate of drug-likeness (QED) is 0.282. The van der Waals surface area contributed by atoms with Crippen molar-refractivity contribution in [2.24, 2.45) is 7.05 Å². The van der Waals surface area contributed by atoms with E-state index in [-0.39, 0.29) is 10.9 Å². The molecule has 0 bridgehead atoms. The van der Waals surface area contributed by atoms with E-state index in [1.807, 2.05) is 19.1 Å². The molecule has 0 amide bonds. The first kappa shape index (κ1) is 20.9. The van der Waals surface area contributed by atoms with Crippen LogP contribution in [-0.2, 0) is 18.6 Å². The number of nitrogens with zero attached hydrogens (tertiary/aromatic N) is 4. The van der Waals surface area contributed by atoms with Crippen molar-refractivity contribution in [3.8, 4) is 11.3 Å². The maximum Gasteiger partial charge on any atom is 0.424 e. The molecular weight excluding hydrogens is 433 g/mol. The minimum atomic E-state index is -4.50. The highest BCUT2D eigenvalue weighted by atomic mass is 32.1. The van der Waals surface area contributed by atoms with E-state index in [0.29, 0.717) is 9.66 Å². The molecule has 5 rings (SSSR count). The number of benzene rings is 2. The topological polar surface area (TPSA) is 34.1 Å². The number of hydrogen-bond acceptors (Lipinski definition) is 3. The normalized spacial score (nSPS) is 13.0. The van der Waals surface area contributed by atoms with Gasteiger partial charge < -0.3 is 0 Å². The number of pyridine rings is 1. The first-order chi connectivity index (χ1) is 15.0. The van der Waals surface area contributed by atoms with E-state index < -0.39 is 11.7 Å². The molecule has 0 saturated carbocycles. The van der Waals surface area contributed by atoms with Crippen LogP contribution >= 0.6 is 11.3 Å². The summed E-state index contributed by atoms with van der Waals surface area (Å²) in [5.74, 6) is 0. The van der Waals surface area contributed by atoms with Gasteiger partial charge in [0.1, 0.15) is 23.6 Å². The molecule has 0 aliphatic carbocycles. The summed E-state index contributed by atoms with van der Waals surface area (Å²) in [6.07, 6.45) is -1.97. The predicted molar refractivity (Wildman–Crippen MR) is 121 cm³/mol. The second-order valence-corrected chi connectivity index (χ2v) is 10.1. The Hall–Kier alpha value is -3.00. The molecule has 0 spiro atoms. The smallest absolute Gasteiger partial charge is 0.271 e. The fourth-order valence-corrected chi connectivity index (χ4v) is 5.66. The van der Waals surface area contributed by atoms with Gasteiger partial charge >= 0.3 is 6.18 Å². The number of alkyl halides is 3. The van der Waals surface area contributed by atoms with Crippen LogP contribution in [0.25, 0.3) is 37.2 Å². The van der Waals surface area contributed by atoms with Crippen molar-refractivity contribution in [3.05, 3.63) is 59.5 Å². The molecule has 3 heterocycles. The Morgan fingerprint density at radius 2 is 1.72 bits per heavy atom. The van der Waals surface area contributed by atoms with Crippen molar-refractivity contribution in [1.29, 1.82) is 0 Å². The second kappa shape index (κ2) is 6.75. The molecule has 8 heteroatoms. The van der Waals surface area contributed by atoms with E-state index in [1.165, 1.54) is 28.3 Å². The third kappa shape index (κ3) is 3.00. The number of fused-ring (bicyclic) bond motifs is 4. The molecule has 0 N–H and O–H groups in total. The molecule has 0 atom stereocenters. The van der Waals surface area contributed by atoms with Crippen LogP contribution in [0.5, 0.6) is 0 Å². The first-order valence-electron chi connectivity index (χ1n) is 10.2. The summed E-state index contributed by atoms with van der Waals surface area (Å²) in [7, 11) is 1.68. The van der Waals surface area contributed by atoms with Gasteiger partial charge in [0.15, 0.2) is 6.20 Å². The fourth-order valence-electron chi connectivity index (χ4n) is 4.50. The summed E-state index contributed by atoms with van der Waals surface area (Å²) in [5, 5.41) is 10.1. The van der Waals surface area contributed by atoms with E-state index >= 15 is 0 Å². The van der Waals surface area contributed by atoms with Crippen LogP contribution in [0.2, 0.25) is 0 Å². The Balaban J connectivity index is 1.97. The van der Waals surface area contributed by atoms with E-state index in [4.69, 9.17) is 0 Å². The maximum atomic E-state index is 14.0. The molecule has 0 aliphatic rings. The third-order valence-electron chi connectivity index (χ3n) is 5.99. The summed E-state index contributed by atoms with van der Waals surface area (Å²) < 4.78 is 45.5. The largest absolute Gasteiger partial charge is 0.424 e. The summed E-state index contributed by atoms with van der Waals surface area (Å²) in [6, 6.07) is 10.4. The van der Waals surface area contributed by atoms with Gasteiger partial charge in [0, 0.05) is 0 Å². The highest BCUT2D eigenvalue weighted by Crippen LogP contribution is 2.43. The van der Waals surface area contributed by atoms with Crippen molar-refractivity contribution < 1.29 is 17.7 Å². The Morgan fingerprint density at radius 1 is 1.03 bits per heavy atom. The van der Waals surface area contributed by atoms with E-state index in [9.17, 15) is 13.2 Å². The Labute approximate surface area is 186 Å². The third-order valence-corrected chi connectivity index (χ3v) is 7.05. The number of hydrogen-bond donors (Lipinski definition) is 0. The zero-order chi connectivity index (χ0) is 23.0. The monoisotopic (exact) mass is 455 g/mol. The van der Waals surface area contributed by atoms with Gasteiger partial charge in [-0.25, -0.2) is 0 Å².